The summed E-state index contributed by atoms with van der Waals surface area (Å²) in [6, 6.07) is 25.4. The van der Waals surface area contributed by atoms with Gasteiger partial charge in [0.25, 0.3) is 5.91 Å². The van der Waals surface area contributed by atoms with Crippen molar-refractivity contribution in [1.29, 1.82) is 0 Å². The highest BCUT2D eigenvalue weighted by Crippen LogP contribution is 2.37. The molecule has 1 amide bonds. The normalized spacial score (nSPS) is 15.3. The minimum atomic E-state index is -0.209. The number of thioether (sulfide) groups is 1. The lowest BCUT2D eigenvalue weighted by Gasteiger charge is -2.14. The third kappa shape index (κ3) is 5.65. The number of nitrogens with one attached hydrogen (secondary N) is 1. The summed E-state index contributed by atoms with van der Waals surface area (Å²) in [6.07, 6.45) is 1.80. The predicted octanol–water partition coefficient (Wildman–Crippen LogP) is 7.09. The molecule has 6 nitrogen and oxygen atoms in total. The van der Waals surface area contributed by atoms with E-state index in [2.05, 4.69) is 50.5 Å². The van der Waals surface area contributed by atoms with Gasteiger partial charge in [0.15, 0.2) is 16.7 Å². The Kier molecular flexibility index (Phi) is 7.48. The number of hydrogen-bond acceptors (Lipinski definition) is 6. The van der Waals surface area contributed by atoms with Gasteiger partial charge in [-0.1, -0.05) is 58.4 Å². The first-order valence-corrected chi connectivity index (χ1v) is 13.1. The second kappa shape index (κ2) is 11.1. The number of amidine groups is 1. The molecule has 0 saturated carbocycles. The number of fused-ring (bicyclic) bond motifs is 1. The molecule has 0 aromatic heterocycles. The number of rotatable bonds is 7. The van der Waals surface area contributed by atoms with Gasteiger partial charge in [-0.15, -0.1) is 0 Å². The van der Waals surface area contributed by atoms with E-state index in [0.29, 0.717) is 28.2 Å². The lowest BCUT2D eigenvalue weighted by atomic mass is 10.1. The summed E-state index contributed by atoms with van der Waals surface area (Å²) in [6.45, 7) is 0.397. The Labute approximate surface area is 227 Å². The Balaban J connectivity index is 1.35. The summed E-state index contributed by atoms with van der Waals surface area (Å²) >= 11 is 4.90. The molecule has 5 rings (SSSR count). The second-order valence-electron chi connectivity index (χ2n) is 8.13. The van der Waals surface area contributed by atoms with Crippen molar-refractivity contribution in [1.82, 2.24) is 5.32 Å². The van der Waals surface area contributed by atoms with Crippen LogP contribution < -0.4 is 19.5 Å². The Morgan fingerprint density at radius 3 is 2.51 bits per heavy atom. The number of ether oxygens (including phenoxy) is 3. The van der Waals surface area contributed by atoms with Crippen LogP contribution in [0.1, 0.15) is 11.1 Å². The third-order valence-electron chi connectivity index (χ3n) is 5.79. The number of halogens is 1. The lowest BCUT2D eigenvalue weighted by molar-refractivity contribution is -0.115. The van der Waals surface area contributed by atoms with Gasteiger partial charge in [-0.2, -0.15) is 0 Å². The summed E-state index contributed by atoms with van der Waals surface area (Å²) in [5.41, 5.74) is 2.60. The Bertz CT molecular complexity index is 1530. The number of hydrogen-bond donors (Lipinski definition) is 1. The topological polar surface area (TPSA) is 69.2 Å². The fraction of sp³-hybridized carbons (Fsp3) is 0.103. The van der Waals surface area contributed by atoms with Crippen molar-refractivity contribution < 1.29 is 19.0 Å². The highest BCUT2D eigenvalue weighted by molar-refractivity contribution is 9.10. The molecule has 0 radical (unpaired) electrons. The van der Waals surface area contributed by atoms with Gasteiger partial charge < -0.3 is 19.5 Å². The van der Waals surface area contributed by atoms with Gasteiger partial charge in [0.2, 0.25) is 0 Å². The van der Waals surface area contributed by atoms with Crippen molar-refractivity contribution in [3.63, 3.8) is 0 Å². The quantitative estimate of drug-likeness (QED) is 0.238. The maximum atomic E-state index is 12.6. The van der Waals surface area contributed by atoms with E-state index in [1.165, 1.54) is 17.1 Å². The van der Waals surface area contributed by atoms with Crippen LogP contribution in [0.3, 0.4) is 0 Å². The lowest BCUT2D eigenvalue weighted by Crippen LogP contribution is -2.19. The van der Waals surface area contributed by atoms with E-state index < -0.39 is 0 Å². The first kappa shape index (κ1) is 24.9. The Hall–Kier alpha value is -3.75. The molecule has 0 bridgehead atoms. The molecule has 1 saturated heterocycles. The van der Waals surface area contributed by atoms with Gasteiger partial charge in [0, 0.05) is 4.47 Å². The summed E-state index contributed by atoms with van der Waals surface area (Å²) in [5, 5.41) is 5.65. The molecule has 0 atom stereocenters. The molecule has 8 heteroatoms. The SMILES string of the molecule is COc1ccc(N=C2NC(=O)/C(=C\c3cc(OC)c(OCc4cccc5ccccc45)cc3Br)S2)cc1. The Morgan fingerprint density at radius 1 is 0.946 bits per heavy atom. The summed E-state index contributed by atoms with van der Waals surface area (Å²) in [5.74, 6) is 1.72. The fourth-order valence-electron chi connectivity index (χ4n) is 3.90. The van der Waals surface area contributed by atoms with Crippen LogP contribution in [0.15, 0.2) is 93.2 Å². The molecule has 186 valence electrons. The number of aliphatic imine (C=N–C) groups is 1. The molecular formula is C29H23BrN2O4S. The Morgan fingerprint density at radius 2 is 1.73 bits per heavy atom. The van der Waals surface area contributed by atoms with Gasteiger partial charge >= 0.3 is 0 Å². The molecule has 1 aliphatic heterocycles. The smallest absolute Gasteiger partial charge is 0.264 e. The van der Waals surface area contributed by atoms with Crippen LogP contribution in [-0.2, 0) is 11.4 Å². The molecule has 0 unspecified atom stereocenters. The zero-order valence-electron chi connectivity index (χ0n) is 20.2. The number of amides is 1. The zero-order valence-corrected chi connectivity index (χ0v) is 22.6. The number of methoxy groups -OCH3 is 2. The fourth-order valence-corrected chi connectivity index (χ4v) is 5.17. The van der Waals surface area contributed by atoms with Gasteiger partial charge in [0.05, 0.1) is 24.8 Å². The van der Waals surface area contributed by atoms with E-state index in [1.807, 2.05) is 54.6 Å². The van der Waals surface area contributed by atoms with Gasteiger partial charge in [-0.25, -0.2) is 4.99 Å². The maximum absolute atomic E-state index is 12.6. The van der Waals surface area contributed by atoms with Crippen LogP contribution in [0.2, 0.25) is 0 Å². The zero-order chi connectivity index (χ0) is 25.8. The predicted molar refractivity (Wildman–Crippen MR) is 153 cm³/mol. The molecule has 0 aliphatic carbocycles. The summed E-state index contributed by atoms with van der Waals surface area (Å²) in [7, 11) is 3.21. The van der Waals surface area contributed by atoms with Crippen LogP contribution in [-0.4, -0.2) is 25.3 Å². The van der Waals surface area contributed by atoms with Crippen molar-refractivity contribution in [3.8, 4) is 17.2 Å². The molecule has 37 heavy (non-hydrogen) atoms. The van der Waals surface area contributed by atoms with Crippen molar-refractivity contribution in [2.45, 2.75) is 6.61 Å². The van der Waals surface area contributed by atoms with Gasteiger partial charge in [-0.3, -0.25) is 4.79 Å². The second-order valence-corrected chi connectivity index (χ2v) is 10.0. The molecule has 4 aromatic carbocycles. The van der Waals surface area contributed by atoms with Gasteiger partial charge in [-0.05, 0) is 76.1 Å². The van der Waals surface area contributed by atoms with Crippen LogP contribution >= 0.6 is 27.7 Å². The molecular weight excluding hydrogens is 552 g/mol. The van der Waals surface area contributed by atoms with Crippen molar-refractivity contribution in [2.24, 2.45) is 4.99 Å². The van der Waals surface area contributed by atoms with Crippen LogP contribution in [0.4, 0.5) is 5.69 Å². The van der Waals surface area contributed by atoms with Crippen molar-refractivity contribution in [3.05, 3.63) is 99.4 Å². The molecule has 1 heterocycles. The van der Waals surface area contributed by atoms with Crippen molar-refractivity contribution in [2.75, 3.05) is 14.2 Å². The van der Waals surface area contributed by atoms with E-state index in [4.69, 9.17) is 14.2 Å². The van der Waals surface area contributed by atoms with E-state index in [-0.39, 0.29) is 5.91 Å². The average molecular weight is 575 g/mol. The molecule has 1 fully saturated rings. The maximum Gasteiger partial charge on any atom is 0.264 e. The first-order valence-electron chi connectivity index (χ1n) is 11.4. The van der Waals surface area contributed by atoms with Gasteiger partial charge in [0.1, 0.15) is 12.4 Å². The van der Waals surface area contributed by atoms with Crippen LogP contribution in [0, 0.1) is 0 Å². The molecule has 1 aliphatic rings. The molecule has 1 N–H and O–H groups in total. The van der Waals surface area contributed by atoms with E-state index in [0.717, 1.165) is 32.4 Å². The number of nitrogens with zero attached hydrogens (tertiary/aromatic N) is 1. The van der Waals surface area contributed by atoms with Crippen molar-refractivity contribution >= 4 is 61.3 Å². The third-order valence-corrected chi connectivity index (χ3v) is 7.38. The highest BCUT2D eigenvalue weighted by atomic mass is 79.9. The number of benzene rings is 4. The molecule has 4 aromatic rings. The van der Waals surface area contributed by atoms with Crippen LogP contribution in [0.5, 0.6) is 17.2 Å². The van der Waals surface area contributed by atoms with E-state index >= 15 is 0 Å². The number of carbonyl (C=O) groups excluding carboxylic acids is 1. The minimum absolute atomic E-state index is 0.209. The first-order chi connectivity index (χ1) is 18.0. The summed E-state index contributed by atoms with van der Waals surface area (Å²) < 4.78 is 17.7. The highest BCUT2D eigenvalue weighted by Gasteiger charge is 2.24. The van der Waals surface area contributed by atoms with E-state index in [1.54, 1.807) is 20.3 Å². The monoisotopic (exact) mass is 574 g/mol. The minimum Gasteiger partial charge on any atom is -0.497 e. The van der Waals surface area contributed by atoms with Crippen LogP contribution in [0.25, 0.3) is 16.8 Å². The average Bonchev–Trinajstić information content (AvgIpc) is 3.27. The molecule has 0 spiro atoms. The standard InChI is InChI=1S/C29H23BrN2O4S/c1-34-22-12-10-21(11-13-22)31-29-32-28(33)27(37-29)15-20-14-25(35-2)26(16-24(20)30)36-17-19-8-5-7-18-6-3-4-9-23(18)19/h3-16H,17H2,1-2H3,(H,31,32,33)/b27-15+. The van der Waals surface area contributed by atoms with E-state index in [9.17, 15) is 4.79 Å². The number of carbonyl (C=O) groups is 1. The largest absolute Gasteiger partial charge is 0.497 e. The summed E-state index contributed by atoms with van der Waals surface area (Å²) in [4.78, 5) is 17.6.